The molecule has 94 valence electrons. The molecule has 0 unspecified atom stereocenters. The van der Waals surface area contributed by atoms with E-state index >= 15 is 0 Å². The number of nitrogens with one attached hydrogen (secondary N) is 2. The van der Waals surface area contributed by atoms with Crippen molar-refractivity contribution in [2.75, 3.05) is 18.4 Å². The highest BCUT2D eigenvalue weighted by Gasteiger charge is 1.96. The van der Waals surface area contributed by atoms with E-state index in [9.17, 15) is 9.59 Å². The van der Waals surface area contributed by atoms with Crippen LogP contribution in [0.2, 0.25) is 0 Å². The third-order valence-corrected chi connectivity index (χ3v) is 2.29. The first kappa shape index (κ1) is 17.5. The van der Waals surface area contributed by atoms with Gasteiger partial charge in [-0.2, -0.15) is 0 Å². The van der Waals surface area contributed by atoms with Gasteiger partial charge in [0.25, 0.3) is 0 Å². The van der Waals surface area contributed by atoms with E-state index in [1.165, 1.54) is 6.08 Å². The predicted octanol–water partition coefficient (Wildman–Crippen LogP) is 0.145. The van der Waals surface area contributed by atoms with Crippen molar-refractivity contribution in [3.05, 3.63) is 12.7 Å². The summed E-state index contributed by atoms with van der Waals surface area (Å²) in [5, 5.41) is 5.79. The van der Waals surface area contributed by atoms with E-state index in [0.29, 0.717) is 18.4 Å². The SMILES string of the molecule is C=CC(=O)NCCCCCNC(=O)CBr.O. The molecule has 0 aromatic heterocycles. The number of rotatable bonds is 8. The van der Waals surface area contributed by atoms with Gasteiger partial charge in [0.1, 0.15) is 0 Å². The number of carbonyl (C=O) groups is 2. The monoisotopic (exact) mass is 294 g/mol. The first-order valence-electron chi connectivity index (χ1n) is 4.93. The van der Waals surface area contributed by atoms with Gasteiger partial charge in [-0.15, -0.1) is 0 Å². The summed E-state index contributed by atoms with van der Waals surface area (Å²) < 4.78 is 0. The summed E-state index contributed by atoms with van der Waals surface area (Å²) in [6, 6.07) is 0. The summed E-state index contributed by atoms with van der Waals surface area (Å²) in [6.45, 7) is 4.71. The van der Waals surface area contributed by atoms with Gasteiger partial charge in [-0.1, -0.05) is 22.5 Å². The van der Waals surface area contributed by atoms with Crippen LogP contribution in [0.5, 0.6) is 0 Å². The first-order valence-corrected chi connectivity index (χ1v) is 6.05. The van der Waals surface area contributed by atoms with E-state index in [4.69, 9.17) is 0 Å². The number of carbonyl (C=O) groups excluding carboxylic acids is 2. The molecule has 0 atom stereocenters. The van der Waals surface area contributed by atoms with Crippen molar-refractivity contribution in [2.45, 2.75) is 19.3 Å². The zero-order chi connectivity index (χ0) is 11.5. The maximum Gasteiger partial charge on any atom is 0.243 e. The van der Waals surface area contributed by atoms with Gasteiger partial charge in [-0.3, -0.25) is 9.59 Å². The van der Waals surface area contributed by atoms with Crippen molar-refractivity contribution in [2.24, 2.45) is 0 Å². The standard InChI is InChI=1S/C10H17BrN2O2.H2O/c1-2-9(14)12-6-4-3-5-7-13-10(15)8-11;/h2H,1,3-8H2,(H,12,14)(H,13,15);1H2. The quantitative estimate of drug-likeness (QED) is 0.379. The number of alkyl halides is 1. The van der Waals surface area contributed by atoms with E-state index < -0.39 is 0 Å². The van der Waals surface area contributed by atoms with Crippen LogP contribution >= 0.6 is 15.9 Å². The Labute approximate surface area is 104 Å². The Morgan fingerprint density at radius 2 is 1.69 bits per heavy atom. The van der Waals surface area contributed by atoms with Gasteiger partial charge in [-0.05, 0) is 25.3 Å². The molecule has 16 heavy (non-hydrogen) atoms. The summed E-state index contributed by atoms with van der Waals surface area (Å²) in [5.74, 6) is -0.127. The van der Waals surface area contributed by atoms with Crippen LogP contribution in [0.25, 0.3) is 0 Å². The average molecular weight is 295 g/mol. The number of amides is 2. The second kappa shape index (κ2) is 12.2. The maximum absolute atomic E-state index is 10.8. The van der Waals surface area contributed by atoms with Crippen molar-refractivity contribution in [3.8, 4) is 0 Å². The van der Waals surface area contributed by atoms with Gasteiger partial charge in [0.05, 0.1) is 5.33 Å². The Kier molecular flexibility index (Phi) is 13.3. The zero-order valence-corrected chi connectivity index (χ0v) is 10.8. The Morgan fingerprint density at radius 3 is 2.19 bits per heavy atom. The van der Waals surface area contributed by atoms with Crippen LogP contribution in [0.1, 0.15) is 19.3 Å². The molecule has 0 aromatic carbocycles. The van der Waals surface area contributed by atoms with Crippen molar-refractivity contribution >= 4 is 27.7 Å². The Morgan fingerprint density at radius 1 is 1.12 bits per heavy atom. The van der Waals surface area contributed by atoms with Crippen molar-refractivity contribution in [1.29, 1.82) is 0 Å². The highest BCUT2D eigenvalue weighted by Crippen LogP contribution is 1.92. The molecule has 0 saturated carbocycles. The lowest BCUT2D eigenvalue weighted by Gasteiger charge is -2.03. The minimum absolute atomic E-state index is 0. The summed E-state index contributed by atoms with van der Waals surface area (Å²) in [4.78, 5) is 21.5. The third-order valence-electron chi connectivity index (χ3n) is 1.78. The Bertz CT molecular complexity index is 222. The lowest BCUT2D eigenvalue weighted by atomic mass is 10.2. The van der Waals surface area contributed by atoms with Crippen molar-refractivity contribution < 1.29 is 15.1 Å². The number of halogens is 1. The number of unbranched alkanes of at least 4 members (excludes halogenated alkanes) is 2. The van der Waals surface area contributed by atoms with E-state index in [1.807, 2.05) is 0 Å². The lowest BCUT2D eigenvalue weighted by molar-refractivity contribution is -0.118. The molecule has 0 aromatic rings. The highest BCUT2D eigenvalue weighted by atomic mass is 79.9. The van der Waals surface area contributed by atoms with Crippen molar-refractivity contribution in [3.63, 3.8) is 0 Å². The molecule has 0 bridgehead atoms. The molecule has 0 saturated heterocycles. The minimum Gasteiger partial charge on any atom is -0.412 e. The fourth-order valence-electron chi connectivity index (χ4n) is 0.986. The molecule has 0 fully saturated rings. The Balaban J connectivity index is 0. The fraction of sp³-hybridized carbons (Fsp3) is 0.600. The molecule has 5 nitrogen and oxygen atoms in total. The molecule has 0 rings (SSSR count). The van der Waals surface area contributed by atoms with Gasteiger partial charge in [0.15, 0.2) is 0 Å². The predicted molar refractivity (Wildman–Crippen MR) is 67.5 cm³/mol. The lowest BCUT2D eigenvalue weighted by Crippen LogP contribution is -2.25. The molecule has 0 spiro atoms. The smallest absolute Gasteiger partial charge is 0.243 e. The number of hydrogen-bond acceptors (Lipinski definition) is 2. The summed E-state index contributed by atoms with van der Waals surface area (Å²) >= 11 is 3.06. The molecule has 0 radical (unpaired) electrons. The van der Waals surface area contributed by atoms with E-state index in [2.05, 4.69) is 33.1 Å². The van der Waals surface area contributed by atoms with Gasteiger partial charge in [-0.25, -0.2) is 0 Å². The average Bonchev–Trinajstić information content (AvgIpc) is 2.26. The van der Waals surface area contributed by atoms with Crippen LogP contribution in [0.3, 0.4) is 0 Å². The molecule has 0 aliphatic rings. The Hall–Kier alpha value is -0.880. The normalized spacial score (nSPS) is 8.81. The minimum atomic E-state index is -0.136. The third kappa shape index (κ3) is 11.2. The van der Waals surface area contributed by atoms with Crippen LogP contribution in [0, 0.1) is 0 Å². The van der Waals surface area contributed by atoms with Crippen LogP contribution in [-0.2, 0) is 9.59 Å². The van der Waals surface area contributed by atoms with Gasteiger partial charge in [0.2, 0.25) is 11.8 Å². The largest absolute Gasteiger partial charge is 0.412 e. The second-order valence-electron chi connectivity index (χ2n) is 3.04. The number of hydrogen-bond donors (Lipinski definition) is 2. The van der Waals surface area contributed by atoms with Crippen molar-refractivity contribution in [1.82, 2.24) is 10.6 Å². The van der Waals surface area contributed by atoms with Gasteiger partial charge in [0, 0.05) is 13.1 Å². The topological polar surface area (TPSA) is 89.7 Å². The van der Waals surface area contributed by atoms with Gasteiger partial charge >= 0.3 is 0 Å². The summed E-state index contributed by atoms with van der Waals surface area (Å²) in [7, 11) is 0. The molecule has 0 aliphatic heterocycles. The molecular weight excluding hydrogens is 276 g/mol. The van der Waals surface area contributed by atoms with Crippen LogP contribution in [0.15, 0.2) is 12.7 Å². The van der Waals surface area contributed by atoms with E-state index in [1.54, 1.807) is 0 Å². The van der Waals surface area contributed by atoms with Gasteiger partial charge < -0.3 is 16.1 Å². The van der Waals surface area contributed by atoms with Crippen LogP contribution in [-0.4, -0.2) is 35.7 Å². The molecule has 0 aliphatic carbocycles. The summed E-state index contributed by atoms with van der Waals surface area (Å²) in [5.41, 5.74) is 0. The molecular formula is C10H19BrN2O3. The molecule has 4 N–H and O–H groups in total. The fourth-order valence-corrected chi connectivity index (χ4v) is 1.18. The van der Waals surface area contributed by atoms with E-state index in [0.717, 1.165) is 19.3 Å². The van der Waals surface area contributed by atoms with E-state index in [-0.39, 0.29) is 17.3 Å². The second-order valence-corrected chi connectivity index (χ2v) is 3.60. The molecule has 6 heteroatoms. The zero-order valence-electron chi connectivity index (χ0n) is 9.22. The summed E-state index contributed by atoms with van der Waals surface area (Å²) in [6.07, 6.45) is 4.10. The highest BCUT2D eigenvalue weighted by molar-refractivity contribution is 9.09. The molecule has 2 amide bonds. The maximum atomic E-state index is 10.8. The molecule has 0 heterocycles. The van der Waals surface area contributed by atoms with Crippen LogP contribution in [0.4, 0.5) is 0 Å². The first-order chi connectivity index (χ1) is 7.20. The van der Waals surface area contributed by atoms with Crippen LogP contribution < -0.4 is 10.6 Å².